The van der Waals surface area contributed by atoms with Crippen molar-refractivity contribution in [3.63, 3.8) is 0 Å². The molecule has 3 N–H and O–H groups in total. The van der Waals surface area contributed by atoms with Gasteiger partial charge in [-0.3, -0.25) is 9.59 Å². The Morgan fingerprint density at radius 2 is 1.84 bits per heavy atom. The number of aliphatic carboxylic acids is 1. The van der Waals surface area contributed by atoms with E-state index in [0.29, 0.717) is 24.8 Å². The molecule has 0 saturated heterocycles. The van der Waals surface area contributed by atoms with E-state index < -0.39 is 34.9 Å². The van der Waals surface area contributed by atoms with Crippen LogP contribution in [0.25, 0.3) is 0 Å². The maximum absolute atomic E-state index is 13.2. The Kier molecular flexibility index (Phi) is 3.41. The van der Waals surface area contributed by atoms with Gasteiger partial charge >= 0.3 is 5.97 Å². The molecule has 0 aromatic carbocycles. The number of hydrogen-bond acceptors (Lipinski definition) is 4. The fourth-order valence-electron chi connectivity index (χ4n) is 7.30. The number of aliphatic hydroxyl groups is 2. The first-order valence-electron chi connectivity index (χ1n) is 9.45. The molecule has 0 aromatic rings. The third-order valence-electron chi connectivity index (χ3n) is 8.35. The summed E-state index contributed by atoms with van der Waals surface area (Å²) in [7, 11) is 0. The van der Waals surface area contributed by atoms with Crippen LogP contribution in [0.1, 0.15) is 52.4 Å². The summed E-state index contributed by atoms with van der Waals surface area (Å²) in [5, 5.41) is 32.4. The zero-order chi connectivity index (χ0) is 18.4. The van der Waals surface area contributed by atoms with Gasteiger partial charge in [-0.15, -0.1) is 0 Å². The Hall–Kier alpha value is -1.20. The third-order valence-corrected chi connectivity index (χ3v) is 8.35. The van der Waals surface area contributed by atoms with E-state index in [4.69, 9.17) is 0 Å². The number of Topliss-reactive ketones (excluding diaryl/α,β-unsaturated/α-hetero) is 1. The predicted molar refractivity (Wildman–Crippen MR) is 90.6 cm³/mol. The van der Waals surface area contributed by atoms with E-state index in [1.165, 1.54) is 0 Å². The molecule has 7 atom stereocenters. The Morgan fingerprint density at radius 1 is 1.16 bits per heavy atom. The minimum atomic E-state index is -1.37. The van der Waals surface area contributed by atoms with E-state index in [1.54, 1.807) is 0 Å². The summed E-state index contributed by atoms with van der Waals surface area (Å²) in [6.45, 7) is 8.04. The van der Waals surface area contributed by atoms with Crippen LogP contribution in [0.5, 0.6) is 0 Å². The van der Waals surface area contributed by atoms with Crippen LogP contribution in [0.15, 0.2) is 12.2 Å². The van der Waals surface area contributed by atoms with Gasteiger partial charge < -0.3 is 15.3 Å². The highest BCUT2D eigenvalue weighted by atomic mass is 16.4. The number of aliphatic hydroxyl groups excluding tert-OH is 2. The molecule has 0 heterocycles. The summed E-state index contributed by atoms with van der Waals surface area (Å²) in [5.41, 5.74) is -2.25. The van der Waals surface area contributed by atoms with Crippen molar-refractivity contribution in [2.24, 2.45) is 34.0 Å². The first-order valence-corrected chi connectivity index (χ1v) is 9.45. The van der Waals surface area contributed by atoms with Crippen LogP contribution in [-0.2, 0) is 9.59 Å². The highest BCUT2D eigenvalue weighted by Crippen LogP contribution is 2.71. The number of rotatable bonds is 1. The van der Waals surface area contributed by atoms with Gasteiger partial charge in [-0.1, -0.05) is 26.8 Å². The topological polar surface area (TPSA) is 94.8 Å². The second kappa shape index (κ2) is 4.95. The molecule has 4 aliphatic rings. The third kappa shape index (κ3) is 1.72. The lowest BCUT2D eigenvalue weighted by Crippen LogP contribution is -2.69. The van der Waals surface area contributed by atoms with Crippen molar-refractivity contribution in [2.45, 2.75) is 64.6 Å². The van der Waals surface area contributed by atoms with Gasteiger partial charge in [0, 0.05) is 5.92 Å². The number of carbonyl (C=O) groups excluding carboxylic acids is 1. The SMILES string of the molecule is C=C1C(=O)C23C(O)CC4C(C)(C)CCCC4(C(=O)O)C2CCC1C3O. The smallest absolute Gasteiger partial charge is 0.310 e. The fourth-order valence-corrected chi connectivity index (χ4v) is 7.30. The van der Waals surface area contributed by atoms with Gasteiger partial charge in [0.05, 0.1) is 23.0 Å². The normalized spacial score (nSPS) is 51.0. The summed E-state index contributed by atoms with van der Waals surface area (Å²) >= 11 is 0. The predicted octanol–water partition coefficient (Wildman–Crippen LogP) is 2.16. The zero-order valence-corrected chi connectivity index (χ0v) is 15.0. The van der Waals surface area contributed by atoms with Crippen molar-refractivity contribution in [1.82, 2.24) is 0 Å². The maximum Gasteiger partial charge on any atom is 0.310 e. The van der Waals surface area contributed by atoms with Gasteiger partial charge in [0.15, 0.2) is 5.78 Å². The summed E-state index contributed by atoms with van der Waals surface area (Å²) in [5.74, 6) is -2.21. The van der Waals surface area contributed by atoms with Crippen molar-refractivity contribution < 1.29 is 24.9 Å². The summed E-state index contributed by atoms with van der Waals surface area (Å²) in [6, 6.07) is 0. The van der Waals surface area contributed by atoms with Crippen LogP contribution in [0, 0.1) is 34.0 Å². The fraction of sp³-hybridized carbons (Fsp3) is 0.800. The van der Waals surface area contributed by atoms with E-state index in [1.807, 2.05) is 0 Å². The Morgan fingerprint density at radius 3 is 2.48 bits per heavy atom. The van der Waals surface area contributed by atoms with Crippen LogP contribution in [0.3, 0.4) is 0 Å². The number of carboxylic acid groups (broad SMARTS) is 1. The van der Waals surface area contributed by atoms with Gasteiger partial charge in [-0.2, -0.15) is 0 Å². The Bertz CT molecular complexity index is 667. The molecule has 5 heteroatoms. The maximum atomic E-state index is 13.2. The quantitative estimate of drug-likeness (QED) is 0.631. The van der Waals surface area contributed by atoms with Crippen LogP contribution >= 0.6 is 0 Å². The Balaban J connectivity index is 1.95. The van der Waals surface area contributed by atoms with Gasteiger partial charge in [-0.05, 0) is 54.9 Å². The molecular formula is C20H28O5. The molecule has 2 bridgehead atoms. The van der Waals surface area contributed by atoms with Crippen molar-refractivity contribution in [2.75, 3.05) is 0 Å². The number of carbonyl (C=O) groups is 2. The molecule has 4 rings (SSSR count). The molecule has 4 aliphatic carbocycles. The summed E-state index contributed by atoms with van der Waals surface area (Å²) in [6.07, 6.45) is 1.62. The first kappa shape index (κ1) is 17.2. The van der Waals surface area contributed by atoms with E-state index in [2.05, 4.69) is 20.4 Å². The molecule has 0 radical (unpaired) electrons. The van der Waals surface area contributed by atoms with E-state index in [9.17, 15) is 24.9 Å². The lowest BCUT2D eigenvalue weighted by Gasteiger charge is -2.64. The average Bonchev–Trinajstić information content (AvgIpc) is 2.65. The molecule has 25 heavy (non-hydrogen) atoms. The molecule has 138 valence electrons. The minimum Gasteiger partial charge on any atom is -0.481 e. The Labute approximate surface area is 148 Å². The minimum absolute atomic E-state index is 0.192. The second-order valence-corrected chi connectivity index (χ2v) is 9.46. The molecule has 4 fully saturated rings. The standard InChI is InChI=1S/C20H28O5/c1-10-11-5-6-12-19(17(24)25)8-4-7-18(2,3)13(19)9-14(21)20(12,15(10)22)16(11)23/h11-14,16,21,23H,1,4-9H2,2-3H3,(H,24,25). The highest BCUT2D eigenvalue weighted by Gasteiger charge is 2.76. The number of hydrogen-bond donors (Lipinski definition) is 3. The monoisotopic (exact) mass is 348 g/mol. The van der Waals surface area contributed by atoms with E-state index in [0.717, 1.165) is 12.8 Å². The van der Waals surface area contributed by atoms with Crippen molar-refractivity contribution in [3.8, 4) is 0 Å². The van der Waals surface area contributed by atoms with Crippen LogP contribution in [0.2, 0.25) is 0 Å². The lowest BCUT2D eigenvalue weighted by molar-refractivity contribution is -0.235. The number of fused-ring (bicyclic) bond motifs is 3. The van der Waals surface area contributed by atoms with Gasteiger partial charge in [0.25, 0.3) is 0 Å². The van der Waals surface area contributed by atoms with Gasteiger partial charge in [0.1, 0.15) is 0 Å². The molecule has 0 aliphatic heterocycles. The molecular weight excluding hydrogens is 320 g/mol. The molecule has 1 spiro atoms. The van der Waals surface area contributed by atoms with Crippen molar-refractivity contribution >= 4 is 11.8 Å². The number of ketones is 1. The zero-order valence-electron chi connectivity index (χ0n) is 15.0. The average molecular weight is 348 g/mol. The molecule has 0 aromatic heterocycles. The summed E-state index contributed by atoms with van der Waals surface area (Å²) in [4.78, 5) is 25.8. The lowest BCUT2D eigenvalue weighted by atomic mass is 9.39. The van der Waals surface area contributed by atoms with Crippen molar-refractivity contribution in [3.05, 3.63) is 12.2 Å². The van der Waals surface area contributed by atoms with Gasteiger partial charge in [0.2, 0.25) is 0 Å². The molecule has 5 nitrogen and oxygen atoms in total. The highest BCUT2D eigenvalue weighted by molar-refractivity contribution is 6.05. The van der Waals surface area contributed by atoms with Gasteiger partial charge in [-0.25, -0.2) is 0 Å². The molecule has 4 saturated carbocycles. The largest absolute Gasteiger partial charge is 0.481 e. The molecule has 0 amide bonds. The number of carboxylic acids is 1. The van der Waals surface area contributed by atoms with Crippen LogP contribution in [0.4, 0.5) is 0 Å². The second-order valence-electron chi connectivity index (χ2n) is 9.46. The first-order chi connectivity index (χ1) is 11.6. The van der Waals surface area contributed by atoms with Crippen LogP contribution in [-0.4, -0.2) is 39.3 Å². The van der Waals surface area contributed by atoms with E-state index in [-0.39, 0.29) is 29.5 Å². The molecule has 7 unspecified atom stereocenters. The van der Waals surface area contributed by atoms with Crippen molar-refractivity contribution in [1.29, 1.82) is 0 Å². The van der Waals surface area contributed by atoms with Crippen LogP contribution < -0.4 is 0 Å². The van der Waals surface area contributed by atoms with E-state index >= 15 is 0 Å². The summed E-state index contributed by atoms with van der Waals surface area (Å²) < 4.78 is 0.